The van der Waals surface area contributed by atoms with Crippen molar-refractivity contribution in [2.45, 2.75) is 50.2 Å². The normalized spacial score (nSPS) is 36.6. The van der Waals surface area contributed by atoms with Crippen LogP contribution >= 0.6 is 15.6 Å². The zero-order valence-electron chi connectivity index (χ0n) is 22.6. The van der Waals surface area contributed by atoms with Gasteiger partial charge in [0.15, 0.2) is 28.9 Å². The summed E-state index contributed by atoms with van der Waals surface area (Å²) >= 11 is 0. The van der Waals surface area contributed by atoms with E-state index in [-0.39, 0.29) is 29.4 Å². The van der Waals surface area contributed by atoms with Gasteiger partial charge in [0.25, 0.3) is 5.56 Å². The number of aromatic amines is 1. The molecule has 0 aliphatic carbocycles. The van der Waals surface area contributed by atoms with E-state index in [2.05, 4.69) is 29.9 Å². The number of phosphoric ester groups is 2. The number of nitrogens with zero attached hydrogens (tertiary/aromatic N) is 7. The fourth-order valence-corrected chi connectivity index (χ4v) is 7.56. The van der Waals surface area contributed by atoms with Crippen LogP contribution in [-0.4, -0.2) is 86.5 Å². The number of fused-ring (bicyclic) bond motifs is 5. The molecule has 2 bridgehead atoms. The maximum absolute atomic E-state index is 13.2. The second-order valence-electron chi connectivity index (χ2n) is 10.4. The summed E-state index contributed by atoms with van der Waals surface area (Å²) in [4.78, 5) is 56.5. The number of hydrogen-bond donors (Lipinski definition) is 5. The average molecular weight is 656 g/mol. The molecule has 7 heterocycles. The van der Waals surface area contributed by atoms with Crippen molar-refractivity contribution >= 4 is 49.7 Å². The molecule has 0 spiro atoms. The fourth-order valence-electron chi connectivity index (χ4n) is 5.58. The Morgan fingerprint density at radius 3 is 2.41 bits per heavy atom. The SMILES string of the molecule is C[C@@H]1[C@@H]2OP(=O)(O)OC[C@@H]3C[C@@H](OP(=O)(O)OC[C@H]2O[C@H]1n1cnc2c(N)ncnc21)[C@H](n1cnc2c(=O)[nH]c(N)nc21)O3. The summed E-state index contributed by atoms with van der Waals surface area (Å²) in [5, 5.41) is 0. The number of hydrogen-bond acceptors (Lipinski definition) is 16. The quantitative estimate of drug-likeness (QED) is 0.177. The molecular formula is C21H26N10O11P2. The van der Waals surface area contributed by atoms with Gasteiger partial charge in [-0.3, -0.25) is 37.0 Å². The minimum absolute atomic E-state index is 0.0127. The maximum atomic E-state index is 13.2. The van der Waals surface area contributed by atoms with E-state index in [4.69, 9.17) is 39.0 Å². The van der Waals surface area contributed by atoms with Gasteiger partial charge in [0.2, 0.25) is 5.95 Å². The average Bonchev–Trinajstić information content (AvgIpc) is 3.72. The highest BCUT2D eigenvalue weighted by atomic mass is 31.2. The van der Waals surface area contributed by atoms with Gasteiger partial charge >= 0.3 is 15.6 Å². The lowest BCUT2D eigenvalue weighted by molar-refractivity contribution is -0.0668. The second-order valence-corrected chi connectivity index (χ2v) is 13.2. The Bertz CT molecular complexity index is 1900. The molecule has 0 aromatic carbocycles. The Kier molecular flexibility index (Phi) is 7.09. The predicted octanol–water partition coefficient (Wildman–Crippen LogP) is -0.0371. The molecule has 0 saturated carbocycles. The number of anilines is 2. The van der Waals surface area contributed by atoms with Crippen LogP contribution in [0.15, 0.2) is 23.8 Å². The summed E-state index contributed by atoms with van der Waals surface area (Å²) in [6.07, 6.45) is -2.70. The van der Waals surface area contributed by atoms with Crippen molar-refractivity contribution < 1.29 is 46.5 Å². The van der Waals surface area contributed by atoms with E-state index in [1.165, 1.54) is 28.1 Å². The molecule has 3 saturated heterocycles. The minimum atomic E-state index is -4.83. The Morgan fingerprint density at radius 2 is 1.61 bits per heavy atom. The highest BCUT2D eigenvalue weighted by Crippen LogP contribution is 2.54. The minimum Gasteiger partial charge on any atom is -0.382 e. The lowest BCUT2D eigenvalue weighted by atomic mass is 10.0. The summed E-state index contributed by atoms with van der Waals surface area (Å²) < 4.78 is 63.0. The third-order valence-electron chi connectivity index (χ3n) is 7.53. The first-order valence-corrected chi connectivity index (χ1v) is 16.2. The van der Waals surface area contributed by atoms with Crippen molar-refractivity contribution in [3.8, 4) is 0 Å². The topological polar surface area (TPSA) is 289 Å². The predicted molar refractivity (Wildman–Crippen MR) is 145 cm³/mol. The van der Waals surface area contributed by atoms with Gasteiger partial charge in [0.05, 0.1) is 32.0 Å². The van der Waals surface area contributed by atoms with Crippen LogP contribution in [0.2, 0.25) is 0 Å². The lowest BCUT2D eigenvalue weighted by Crippen LogP contribution is -2.32. The molecule has 0 amide bonds. The Hall–Kier alpha value is -3.36. The van der Waals surface area contributed by atoms with Gasteiger partial charge < -0.3 is 30.7 Å². The van der Waals surface area contributed by atoms with Crippen LogP contribution in [-0.2, 0) is 36.7 Å². The molecule has 7 N–H and O–H groups in total. The van der Waals surface area contributed by atoms with Crippen LogP contribution < -0.4 is 17.0 Å². The van der Waals surface area contributed by atoms with E-state index in [9.17, 15) is 23.7 Å². The molecule has 21 nitrogen and oxygen atoms in total. The lowest BCUT2D eigenvalue weighted by Gasteiger charge is -2.26. The fraction of sp³-hybridized carbons (Fsp3) is 0.524. The molecule has 7 rings (SSSR count). The third-order valence-corrected chi connectivity index (χ3v) is 9.53. The van der Waals surface area contributed by atoms with Gasteiger partial charge in [-0.05, 0) is 0 Å². The van der Waals surface area contributed by atoms with Crippen LogP contribution in [0.25, 0.3) is 22.3 Å². The molecule has 44 heavy (non-hydrogen) atoms. The zero-order valence-corrected chi connectivity index (χ0v) is 24.4. The van der Waals surface area contributed by atoms with Crippen molar-refractivity contribution in [3.63, 3.8) is 0 Å². The number of ether oxygens (including phenoxy) is 2. The van der Waals surface area contributed by atoms with E-state index in [0.29, 0.717) is 11.2 Å². The Labute approximate surface area is 245 Å². The highest BCUT2D eigenvalue weighted by molar-refractivity contribution is 7.47. The maximum Gasteiger partial charge on any atom is 0.472 e. The summed E-state index contributed by atoms with van der Waals surface area (Å²) in [5.74, 6) is -0.715. The van der Waals surface area contributed by atoms with Gasteiger partial charge in [0.1, 0.15) is 36.4 Å². The van der Waals surface area contributed by atoms with Gasteiger partial charge in [-0.2, -0.15) is 4.98 Å². The number of aromatic nitrogens is 8. The number of nitrogen functional groups attached to an aromatic ring is 2. The van der Waals surface area contributed by atoms with Crippen LogP contribution in [0.1, 0.15) is 25.8 Å². The number of rotatable bonds is 2. The van der Waals surface area contributed by atoms with E-state index in [1.54, 1.807) is 6.92 Å². The summed E-state index contributed by atoms with van der Waals surface area (Å²) in [6, 6.07) is 0. The second kappa shape index (κ2) is 10.6. The molecule has 3 aliphatic rings. The molecular weight excluding hydrogens is 630 g/mol. The third kappa shape index (κ3) is 5.20. The van der Waals surface area contributed by atoms with Crippen molar-refractivity contribution in [3.05, 3.63) is 29.3 Å². The van der Waals surface area contributed by atoms with Crippen molar-refractivity contribution in [2.75, 3.05) is 24.7 Å². The number of nitrogens with two attached hydrogens (primary N) is 2. The first kappa shape index (κ1) is 29.4. The van der Waals surface area contributed by atoms with Crippen molar-refractivity contribution in [2.24, 2.45) is 5.92 Å². The van der Waals surface area contributed by atoms with E-state index in [0.717, 1.165) is 0 Å². The van der Waals surface area contributed by atoms with Gasteiger partial charge in [-0.15, -0.1) is 0 Å². The van der Waals surface area contributed by atoms with Crippen molar-refractivity contribution in [1.29, 1.82) is 0 Å². The molecule has 3 fully saturated rings. The standard InChI is InChI=1S/C21H26N10O11P2/c1-8-14-11(40-19(8)30-6-26-12-15(22)24-5-25-16(12)30)4-38-43(33,34)41-10-2-9(3-37-44(35,36)42-14)39-20(10)31-7-27-13-17(31)28-21(23)29-18(13)32/h5-11,14,19-20H,2-4H2,1H3,(H,33,34)(H,35,36)(H2,22,24,25)(H3,23,28,29,32)/t8-,9+,10-,11-,14+,19-,20-/m1/s1. The van der Waals surface area contributed by atoms with Crippen LogP contribution in [0, 0.1) is 5.92 Å². The van der Waals surface area contributed by atoms with Crippen LogP contribution in [0.4, 0.5) is 11.8 Å². The first-order chi connectivity index (χ1) is 20.9. The van der Waals surface area contributed by atoms with Gasteiger partial charge in [-0.25, -0.2) is 29.1 Å². The van der Waals surface area contributed by atoms with Crippen LogP contribution in [0.3, 0.4) is 0 Å². The van der Waals surface area contributed by atoms with E-state index >= 15 is 0 Å². The molecule has 2 unspecified atom stereocenters. The molecule has 4 aromatic heterocycles. The van der Waals surface area contributed by atoms with Gasteiger partial charge in [-0.1, -0.05) is 6.92 Å². The Morgan fingerprint density at radius 1 is 0.909 bits per heavy atom. The summed E-state index contributed by atoms with van der Waals surface area (Å²) in [6.45, 7) is 0.615. The highest BCUT2D eigenvalue weighted by Gasteiger charge is 2.50. The number of H-pyrrole nitrogens is 1. The molecule has 4 aromatic rings. The van der Waals surface area contributed by atoms with Crippen LogP contribution in [0.5, 0.6) is 0 Å². The molecule has 3 aliphatic heterocycles. The molecule has 23 heteroatoms. The number of phosphoric acid groups is 2. The molecule has 0 radical (unpaired) electrons. The molecule has 9 atom stereocenters. The molecule has 236 valence electrons. The first-order valence-electron chi connectivity index (χ1n) is 13.2. The summed E-state index contributed by atoms with van der Waals surface area (Å²) in [5.41, 5.74) is 11.6. The van der Waals surface area contributed by atoms with E-state index < -0.39 is 77.2 Å². The zero-order chi connectivity index (χ0) is 31.0. The number of nitrogens with one attached hydrogen (secondary N) is 1. The monoisotopic (exact) mass is 656 g/mol. The largest absolute Gasteiger partial charge is 0.472 e. The number of imidazole rings is 2. The van der Waals surface area contributed by atoms with Gasteiger partial charge in [0, 0.05) is 12.3 Å². The van der Waals surface area contributed by atoms with E-state index in [1.807, 2.05) is 0 Å². The van der Waals surface area contributed by atoms with Crippen molar-refractivity contribution in [1.82, 2.24) is 39.0 Å². The summed E-state index contributed by atoms with van der Waals surface area (Å²) in [7, 11) is -9.60. The Balaban J connectivity index is 1.19. The smallest absolute Gasteiger partial charge is 0.382 e.